The van der Waals surface area contributed by atoms with Gasteiger partial charge in [0.15, 0.2) is 0 Å². The van der Waals surface area contributed by atoms with E-state index in [4.69, 9.17) is 10.2 Å². The highest BCUT2D eigenvalue weighted by molar-refractivity contribution is 7.80. The maximum Gasteiger partial charge on any atom is 0.218 e. The van der Waals surface area contributed by atoms with Gasteiger partial charge in [0.2, 0.25) is 10.4 Å². The average Bonchev–Trinajstić information content (AvgIpc) is 2.83. The molecule has 13 heteroatoms. The summed E-state index contributed by atoms with van der Waals surface area (Å²) in [7, 11) is -5.40. The van der Waals surface area contributed by atoms with Crippen molar-refractivity contribution < 1.29 is 58.0 Å². The molecule has 1 aliphatic carbocycles. The lowest BCUT2D eigenvalue weighted by atomic mass is 9.84. The largest absolute Gasteiger partial charge is 0.726 e. The lowest BCUT2D eigenvalue weighted by molar-refractivity contribution is -0.113. The Morgan fingerprint density at radius 2 is 1.62 bits per heavy atom. The van der Waals surface area contributed by atoms with Gasteiger partial charge in [-0.25, -0.2) is 8.42 Å². The lowest BCUT2D eigenvalue weighted by Crippen LogP contribution is -2.49. The number of aliphatic hydroxyl groups excluding tert-OH is 8. The fourth-order valence-electron chi connectivity index (χ4n) is 3.31. The molecular formula is C13H25O12S-. The van der Waals surface area contributed by atoms with Crippen LogP contribution in [0.2, 0.25) is 0 Å². The van der Waals surface area contributed by atoms with Gasteiger partial charge < -0.3 is 45.4 Å². The highest BCUT2D eigenvalue weighted by Crippen LogP contribution is 2.38. The Labute approximate surface area is 149 Å². The zero-order valence-electron chi connectivity index (χ0n) is 13.6. The molecule has 12 nitrogen and oxygen atoms in total. The summed E-state index contributed by atoms with van der Waals surface area (Å²) in [5.74, 6) is -1.91. The van der Waals surface area contributed by atoms with Gasteiger partial charge >= 0.3 is 0 Å². The molecule has 156 valence electrons. The molecule has 1 rings (SSSR count). The first-order chi connectivity index (χ1) is 11.9. The molecule has 8 N–H and O–H groups in total. The van der Waals surface area contributed by atoms with Crippen LogP contribution in [0.1, 0.15) is 12.8 Å². The van der Waals surface area contributed by atoms with Gasteiger partial charge in [-0.05, 0) is 18.8 Å². The van der Waals surface area contributed by atoms with Crippen molar-refractivity contribution in [1.82, 2.24) is 0 Å². The van der Waals surface area contributed by atoms with E-state index in [0.29, 0.717) is 0 Å². The molecule has 1 aliphatic rings. The summed E-state index contributed by atoms with van der Waals surface area (Å²) >= 11 is 0. The van der Waals surface area contributed by atoms with E-state index in [1.807, 2.05) is 0 Å². The van der Waals surface area contributed by atoms with Crippen molar-refractivity contribution in [3.05, 3.63) is 0 Å². The summed E-state index contributed by atoms with van der Waals surface area (Å²) in [6.45, 7) is -1.76. The second-order valence-corrected chi connectivity index (χ2v) is 7.40. The minimum absolute atomic E-state index is 0.130. The van der Waals surface area contributed by atoms with Gasteiger partial charge in [0.25, 0.3) is 0 Å². The van der Waals surface area contributed by atoms with Gasteiger partial charge in [0.1, 0.15) is 18.3 Å². The van der Waals surface area contributed by atoms with Crippen molar-refractivity contribution in [2.24, 2.45) is 11.8 Å². The molecule has 0 spiro atoms. The molecule has 0 amide bonds. The summed E-state index contributed by atoms with van der Waals surface area (Å²) in [6, 6.07) is 0. The summed E-state index contributed by atoms with van der Waals surface area (Å²) in [6.07, 6.45) is -12.8. The van der Waals surface area contributed by atoms with Crippen LogP contribution in [0.15, 0.2) is 0 Å². The van der Waals surface area contributed by atoms with E-state index in [2.05, 4.69) is 4.18 Å². The third kappa shape index (κ3) is 6.03. The molecular weight excluding hydrogens is 380 g/mol. The smallest absolute Gasteiger partial charge is 0.218 e. The lowest BCUT2D eigenvalue weighted by Gasteiger charge is -2.33. The molecule has 0 aromatic carbocycles. The van der Waals surface area contributed by atoms with Gasteiger partial charge in [-0.1, -0.05) is 0 Å². The Morgan fingerprint density at radius 3 is 2.08 bits per heavy atom. The van der Waals surface area contributed by atoms with Crippen molar-refractivity contribution in [1.29, 1.82) is 0 Å². The monoisotopic (exact) mass is 405 g/mol. The van der Waals surface area contributed by atoms with Crippen molar-refractivity contribution in [2.75, 3.05) is 13.2 Å². The molecule has 0 aromatic rings. The first-order valence-electron chi connectivity index (χ1n) is 7.87. The van der Waals surface area contributed by atoms with Crippen LogP contribution in [0.5, 0.6) is 0 Å². The van der Waals surface area contributed by atoms with Crippen LogP contribution >= 0.6 is 0 Å². The van der Waals surface area contributed by atoms with E-state index in [0.717, 1.165) is 0 Å². The summed E-state index contributed by atoms with van der Waals surface area (Å²) < 4.78 is 36.6. The van der Waals surface area contributed by atoms with Gasteiger partial charge in [0, 0.05) is 5.92 Å². The van der Waals surface area contributed by atoms with Gasteiger partial charge in [-0.3, -0.25) is 4.18 Å². The molecule has 0 radical (unpaired) electrons. The van der Waals surface area contributed by atoms with Crippen LogP contribution in [-0.2, 0) is 14.6 Å². The van der Waals surface area contributed by atoms with E-state index in [1.165, 1.54) is 0 Å². The maximum absolute atomic E-state index is 10.8. The highest BCUT2D eigenvalue weighted by Gasteiger charge is 2.47. The van der Waals surface area contributed by atoms with E-state index in [1.54, 1.807) is 0 Å². The molecule has 0 aliphatic heterocycles. The van der Waals surface area contributed by atoms with Crippen molar-refractivity contribution >= 4 is 10.4 Å². The molecule has 1 saturated carbocycles. The number of hydrogen-bond acceptors (Lipinski definition) is 12. The molecule has 0 unspecified atom stereocenters. The van der Waals surface area contributed by atoms with E-state index in [-0.39, 0.29) is 6.42 Å². The predicted molar refractivity (Wildman–Crippen MR) is 81.0 cm³/mol. The molecule has 26 heavy (non-hydrogen) atoms. The van der Waals surface area contributed by atoms with Gasteiger partial charge in [0.05, 0.1) is 37.6 Å². The van der Waals surface area contributed by atoms with E-state index in [9.17, 15) is 43.6 Å². The molecule has 0 heterocycles. The number of hydrogen-bond donors (Lipinski definition) is 8. The SMILES string of the molecule is O=S(=O)([O-])O[C@@H]([C@H](O)[C@H](O)CO)[C@@H](O)C[C@@H]1C[C@H](O)[C@H](O)[C@H]1[C@H](O)CO. The van der Waals surface area contributed by atoms with E-state index >= 15 is 0 Å². The van der Waals surface area contributed by atoms with Crippen molar-refractivity contribution in [3.63, 3.8) is 0 Å². The zero-order valence-corrected chi connectivity index (χ0v) is 14.5. The van der Waals surface area contributed by atoms with Crippen molar-refractivity contribution in [3.8, 4) is 0 Å². The fraction of sp³-hybridized carbons (Fsp3) is 1.00. The zero-order chi connectivity index (χ0) is 20.2. The first-order valence-corrected chi connectivity index (χ1v) is 9.20. The normalized spacial score (nSPS) is 32.8. The third-order valence-corrected chi connectivity index (χ3v) is 5.04. The topological polar surface area (TPSA) is 228 Å². The van der Waals surface area contributed by atoms with Crippen LogP contribution < -0.4 is 0 Å². The van der Waals surface area contributed by atoms with Gasteiger partial charge in [-0.15, -0.1) is 0 Å². The standard InChI is InChI=1S/C13H26O12S/c14-3-8(18)10-5(1-6(16)11(10)20)2-7(17)13(25-26(22,23)24)12(21)9(19)4-15/h5-21H,1-4H2,(H,22,23,24)/p-1/t5-,6-,7-,8+,9+,10+,11-,12+,13+/m0/s1. The Hall–Kier alpha value is -0.450. The molecule has 0 aromatic heterocycles. The predicted octanol–water partition coefficient (Wildman–Crippen LogP) is -4.99. The summed E-state index contributed by atoms with van der Waals surface area (Å²) in [4.78, 5) is 0. The molecule has 0 bridgehead atoms. The average molecular weight is 405 g/mol. The molecule has 9 atom stereocenters. The van der Waals surface area contributed by atoms with Crippen LogP contribution in [-0.4, -0.2) is 110 Å². The Kier molecular flexibility index (Phi) is 8.76. The molecule has 0 saturated heterocycles. The van der Waals surface area contributed by atoms with Crippen LogP contribution in [0.4, 0.5) is 0 Å². The van der Waals surface area contributed by atoms with Gasteiger partial charge in [-0.2, -0.15) is 0 Å². The summed E-state index contributed by atoms with van der Waals surface area (Å²) in [5.41, 5.74) is 0. The first kappa shape index (κ1) is 23.6. The number of aliphatic hydroxyl groups is 8. The van der Waals surface area contributed by atoms with E-state index < -0.39 is 84.6 Å². The minimum Gasteiger partial charge on any atom is -0.726 e. The van der Waals surface area contributed by atoms with Crippen molar-refractivity contribution in [2.45, 2.75) is 55.6 Å². The van der Waals surface area contributed by atoms with Crippen LogP contribution in [0.3, 0.4) is 0 Å². The Morgan fingerprint density at radius 1 is 1.04 bits per heavy atom. The second kappa shape index (κ2) is 9.66. The van der Waals surface area contributed by atoms with Crippen LogP contribution in [0, 0.1) is 11.8 Å². The minimum atomic E-state index is -5.40. The Bertz CT molecular complexity index is 527. The third-order valence-electron chi connectivity index (χ3n) is 4.58. The highest BCUT2D eigenvalue weighted by atomic mass is 32.3. The molecule has 1 fully saturated rings. The Balaban J connectivity index is 2.98. The quantitative estimate of drug-likeness (QED) is 0.126. The maximum atomic E-state index is 10.8. The fourth-order valence-corrected chi connectivity index (χ4v) is 3.83. The summed E-state index contributed by atoms with van der Waals surface area (Å²) in [5, 5.41) is 76.8. The van der Waals surface area contributed by atoms with Crippen LogP contribution in [0.25, 0.3) is 0 Å². The second-order valence-electron chi connectivity index (χ2n) is 6.39. The number of rotatable bonds is 10.